The molecule has 0 aromatic heterocycles. The van der Waals surface area contributed by atoms with Gasteiger partial charge < -0.3 is 4.90 Å². The van der Waals surface area contributed by atoms with Gasteiger partial charge in [0.2, 0.25) is 0 Å². The Balaban J connectivity index is 1.69. The number of amidine groups is 1. The van der Waals surface area contributed by atoms with Crippen molar-refractivity contribution in [3.05, 3.63) is 33.8 Å². The molecular weight excluding hydrogens is 351 g/mol. The zero-order valence-electron chi connectivity index (χ0n) is 11.3. The summed E-state index contributed by atoms with van der Waals surface area (Å²) in [5.74, 6) is 1.04. The fourth-order valence-electron chi connectivity index (χ4n) is 2.60. The summed E-state index contributed by atoms with van der Waals surface area (Å²) in [6, 6.07) is 5.30. The van der Waals surface area contributed by atoms with Gasteiger partial charge in [-0.25, -0.2) is 8.42 Å². The zero-order valence-corrected chi connectivity index (χ0v) is 14.4. The van der Waals surface area contributed by atoms with Crippen molar-refractivity contribution in [2.45, 2.75) is 17.8 Å². The molecule has 1 saturated heterocycles. The third kappa shape index (κ3) is 3.18. The average molecular weight is 365 g/mol. The van der Waals surface area contributed by atoms with Gasteiger partial charge >= 0.3 is 0 Å². The van der Waals surface area contributed by atoms with Crippen LogP contribution in [-0.4, -0.2) is 49.1 Å². The van der Waals surface area contributed by atoms with Crippen LogP contribution in [0.15, 0.2) is 23.2 Å². The number of aliphatic imine (C=N–C) groups is 1. The average Bonchev–Trinajstić information content (AvgIpc) is 2.83. The Kier molecular flexibility index (Phi) is 4.16. The van der Waals surface area contributed by atoms with Gasteiger partial charge in [0, 0.05) is 22.8 Å². The molecule has 1 fully saturated rings. The molecule has 2 aliphatic heterocycles. The predicted molar refractivity (Wildman–Crippen MR) is 89.2 cm³/mol. The summed E-state index contributed by atoms with van der Waals surface area (Å²) in [4.78, 5) is 6.52. The Labute approximate surface area is 138 Å². The number of halogens is 2. The van der Waals surface area contributed by atoms with Crippen LogP contribution in [0, 0.1) is 0 Å². The molecule has 21 heavy (non-hydrogen) atoms. The van der Waals surface area contributed by atoms with Crippen molar-refractivity contribution in [2.75, 3.05) is 18.6 Å². The van der Waals surface area contributed by atoms with E-state index in [4.69, 9.17) is 23.2 Å². The topological polar surface area (TPSA) is 49.7 Å². The number of nitrogens with zero attached hydrogens (tertiary/aromatic N) is 2. The van der Waals surface area contributed by atoms with Crippen LogP contribution in [0.4, 0.5) is 0 Å². The maximum absolute atomic E-state index is 11.6. The maximum atomic E-state index is 11.6. The highest BCUT2D eigenvalue weighted by atomic mass is 35.5. The fraction of sp³-hybridized carbons (Fsp3) is 0.462. The molecule has 4 nitrogen and oxygen atoms in total. The van der Waals surface area contributed by atoms with Gasteiger partial charge in [-0.1, -0.05) is 41.0 Å². The van der Waals surface area contributed by atoms with Crippen molar-refractivity contribution in [1.29, 1.82) is 0 Å². The van der Waals surface area contributed by atoms with Gasteiger partial charge in [0.1, 0.15) is 0 Å². The highest BCUT2D eigenvalue weighted by Gasteiger charge is 2.44. The first-order chi connectivity index (χ1) is 9.85. The van der Waals surface area contributed by atoms with Gasteiger partial charge in [-0.3, -0.25) is 4.99 Å². The molecule has 1 aromatic carbocycles. The molecule has 2 atom stereocenters. The second kappa shape index (κ2) is 5.65. The minimum absolute atomic E-state index is 0.0156. The van der Waals surface area contributed by atoms with Crippen molar-refractivity contribution in [3.63, 3.8) is 0 Å². The molecule has 2 aliphatic rings. The van der Waals surface area contributed by atoms with E-state index >= 15 is 0 Å². The molecular formula is C13H14Cl2N2O2S2. The summed E-state index contributed by atoms with van der Waals surface area (Å²) in [7, 11) is -1.03. The van der Waals surface area contributed by atoms with Gasteiger partial charge in [0.15, 0.2) is 15.0 Å². The van der Waals surface area contributed by atoms with Gasteiger partial charge in [0.25, 0.3) is 0 Å². The molecule has 0 saturated carbocycles. The van der Waals surface area contributed by atoms with Crippen LogP contribution in [-0.2, 0) is 15.6 Å². The first kappa shape index (κ1) is 15.5. The van der Waals surface area contributed by atoms with E-state index in [0.29, 0.717) is 15.8 Å². The summed E-state index contributed by atoms with van der Waals surface area (Å²) in [5.41, 5.74) is 0.992. The van der Waals surface area contributed by atoms with E-state index < -0.39 is 9.84 Å². The van der Waals surface area contributed by atoms with Crippen LogP contribution in [0.2, 0.25) is 10.0 Å². The summed E-state index contributed by atoms with van der Waals surface area (Å²) < 4.78 is 23.2. The molecule has 0 radical (unpaired) electrons. The Morgan fingerprint density at radius 3 is 2.81 bits per heavy atom. The van der Waals surface area contributed by atoms with Crippen molar-refractivity contribution in [1.82, 2.24) is 4.90 Å². The lowest BCUT2D eigenvalue weighted by atomic mass is 10.2. The van der Waals surface area contributed by atoms with Gasteiger partial charge in [-0.15, -0.1) is 0 Å². The summed E-state index contributed by atoms with van der Waals surface area (Å²) in [6.45, 7) is 0. The molecule has 0 bridgehead atoms. The molecule has 2 heterocycles. The van der Waals surface area contributed by atoms with E-state index in [1.54, 1.807) is 17.8 Å². The van der Waals surface area contributed by atoms with E-state index in [0.717, 1.165) is 10.7 Å². The second-order valence-electron chi connectivity index (χ2n) is 5.26. The third-order valence-electron chi connectivity index (χ3n) is 3.74. The highest BCUT2D eigenvalue weighted by molar-refractivity contribution is 8.13. The molecule has 114 valence electrons. The lowest BCUT2D eigenvalue weighted by Gasteiger charge is -2.20. The van der Waals surface area contributed by atoms with Crippen LogP contribution in [0.1, 0.15) is 5.56 Å². The molecule has 0 unspecified atom stereocenters. The van der Waals surface area contributed by atoms with Crippen LogP contribution in [0.25, 0.3) is 0 Å². The van der Waals surface area contributed by atoms with E-state index in [-0.39, 0.29) is 23.6 Å². The molecule has 0 spiro atoms. The number of hydrogen-bond donors (Lipinski definition) is 0. The highest BCUT2D eigenvalue weighted by Crippen LogP contribution is 2.32. The fourth-order valence-corrected chi connectivity index (χ4v) is 6.16. The smallest absolute Gasteiger partial charge is 0.159 e. The Bertz CT molecular complexity index is 706. The third-order valence-corrected chi connectivity index (χ3v) is 7.13. The second-order valence-corrected chi connectivity index (χ2v) is 9.20. The lowest BCUT2D eigenvalue weighted by Crippen LogP contribution is -2.35. The molecule has 8 heteroatoms. The minimum Gasteiger partial charge on any atom is -0.348 e. The van der Waals surface area contributed by atoms with E-state index in [1.165, 1.54) is 0 Å². The largest absolute Gasteiger partial charge is 0.348 e. The minimum atomic E-state index is -2.93. The lowest BCUT2D eigenvalue weighted by molar-refractivity contribution is 0.410. The maximum Gasteiger partial charge on any atom is 0.159 e. The number of benzene rings is 1. The number of thioether (sulfide) groups is 1. The molecule has 0 aliphatic carbocycles. The predicted octanol–water partition coefficient (Wildman–Crippen LogP) is 2.69. The number of fused-ring (bicyclic) bond motifs is 1. The quantitative estimate of drug-likeness (QED) is 0.809. The van der Waals surface area contributed by atoms with E-state index in [1.807, 2.05) is 24.1 Å². The molecule has 1 aromatic rings. The van der Waals surface area contributed by atoms with Crippen molar-refractivity contribution < 1.29 is 8.42 Å². The summed E-state index contributed by atoms with van der Waals surface area (Å²) in [6.07, 6.45) is 0. The first-order valence-electron chi connectivity index (χ1n) is 6.43. The summed E-state index contributed by atoms with van der Waals surface area (Å²) in [5, 5.41) is 2.13. The SMILES string of the molecule is CN1C(SCc2ccc(Cl)cc2Cl)=N[C@@H]2CS(=O)(=O)C[C@H]21. The zero-order chi connectivity index (χ0) is 15.2. The van der Waals surface area contributed by atoms with Gasteiger partial charge in [-0.05, 0) is 17.7 Å². The first-order valence-corrected chi connectivity index (χ1v) is 10.00. The molecule has 0 N–H and O–H groups in total. The van der Waals surface area contributed by atoms with Crippen LogP contribution < -0.4 is 0 Å². The number of likely N-dealkylation sites (N-methyl/N-ethyl adjacent to an activating group) is 1. The van der Waals surface area contributed by atoms with Crippen molar-refractivity contribution in [3.8, 4) is 0 Å². The van der Waals surface area contributed by atoms with Gasteiger partial charge in [-0.2, -0.15) is 0 Å². The van der Waals surface area contributed by atoms with E-state index in [9.17, 15) is 8.42 Å². The Morgan fingerprint density at radius 1 is 1.38 bits per heavy atom. The molecule has 0 amide bonds. The Morgan fingerprint density at radius 2 is 2.14 bits per heavy atom. The molecule has 3 rings (SSSR count). The van der Waals surface area contributed by atoms with Crippen LogP contribution in [0.5, 0.6) is 0 Å². The van der Waals surface area contributed by atoms with Crippen molar-refractivity contribution >= 4 is 50.0 Å². The van der Waals surface area contributed by atoms with Crippen LogP contribution in [0.3, 0.4) is 0 Å². The normalized spacial score (nSPS) is 26.8. The number of hydrogen-bond acceptors (Lipinski definition) is 5. The van der Waals surface area contributed by atoms with Crippen LogP contribution >= 0.6 is 35.0 Å². The Hall–Kier alpha value is -0.430. The number of rotatable bonds is 2. The summed E-state index contributed by atoms with van der Waals surface area (Å²) >= 11 is 13.6. The monoisotopic (exact) mass is 364 g/mol. The van der Waals surface area contributed by atoms with Gasteiger partial charge in [0.05, 0.1) is 23.6 Å². The van der Waals surface area contributed by atoms with Crippen molar-refractivity contribution in [2.24, 2.45) is 4.99 Å². The van der Waals surface area contributed by atoms with E-state index in [2.05, 4.69) is 4.99 Å². The number of sulfone groups is 1. The standard InChI is InChI=1S/C13H14Cl2N2O2S2/c1-17-12-7-21(18,19)6-11(12)16-13(17)20-5-8-2-3-9(14)4-10(8)15/h2-4,11-12H,5-7H2,1H3/t11-,12-/m1/s1.